The number of ether oxygens (including phenoxy) is 1. The van der Waals surface area contributed by atoms with Crippen LogP contribution in [0.15, 0.2) is 0 Å². The van der Waals surface area contributed by atoms with Crippen molar-refractivity contribution in [1.82, 2.24) is 0 Å². The molecule has 0 saturated carbocycles. The first kappa shape index (κ1) is 35.0. The molecule has 0 aliphatic heterocycles. The van der Waals surface area contributed by atoms with Crippen molar-refractivity contribution in [3.63, 3.8) is 0 Å². The van der Waals surface area contributed by atoms with Gasteiger partial charge < -0.3 is 4.74 Å². The highest BCUT2D eigenvalue weighted by atomic mass is 16.5. The maximum Gasteiger partial charge on any atom is 0.0836 e. The van der Waals surface area contributed by atoms with Gasteiger partial charge in [0.25, 0.3) is 0 Å². The molecule has 0 rings (SSSR count). The zero-order chi connectivity index (χ0) is 25.3. The summed E-state index contributed by atoms with van der Waals surface area (Å²) < 4.78 is 5.73. The van der Waals surface area contributed by atoms with Gasteiger partial charge in [0.2, 0.25) is 0 Å². The molecule has 0 spiro atoms. The van der Waals surface area contributed by atoms with Crippen LogP contribution in [0.4, 0.5) is 0 Å². The smallest absolute Gasteiger partial charge is 0.0836 e. The highest BCUT2D eigenvalue weighted by molar-refractivity contribution is 4.55. The van der Waals surface area contributed by atoms with Crippen LogP contribution in [0, 0.1) is 6.61 Å². The van der Waals surface area contributed by atoms with E-state index in [-0.39, 0.29) is 0 Å². The maximum absolute atomic E-state index is 5.73. The minimum Gasteiger partial charge on any atom is -0.376 e. The molecule has 0 aromatic heterocycles. The number of rotatable bonds is 32. The second kappa shape index (κ2) is 34.0. The summed E-state index contributed by atoms with van der Waals surface area (Å²) in [5.74, 6) is 0. The van der Waals surface area contributed by atoms with Gasteiger partial charge in [-0.1, -0.05) is 194 Å². The summed E-state index contributed by atoms with van der Waals surface area (Å²) in [6.45, 7) is 7.63. The molecule has 0 N–H and O–H groups in total. The normalized spacial score (nSPS) is 11.5. The van der Waals surface area contributed by atoms with Crippen molar-refractivity contribution in [2.24, 2.45) is 0 Å². The Labute approximate surface area is 224 Å². The van der Waals surface area contributed by atoms with Gasteiger partial charge in [0.1, 0.15) is 0 Å². The molecule has 35 heavy (non-hydrogen) atoms. The van der Waals surface area contributed by atoms with E-state index < -0.39 is 0 Å². The van der Waals surface area contributed by atoms with E-state index in [2.05, 4.69) is 20.5 Å². The maximum atomic E-state index is 5.73. The standard InChI is InChI=1S/C34H69O/c1-3-5-7-9-11-13-15-17-18-19-20-21-22-24-26-28-30-32-34-35-33-31-29-27-25-23-16-14-12-10-8-6-4-2/h34H,3-33H2,1-2H3. The van der Waals surface area contributed by atoms with Gasteiger partial charge in [0.15, 0.2) is 0 Å². The van der Waals surface area contributed by atoms with Crippen molar-refractivity contribution in [1.29, 1.82) is 0 Å². The SMILES string of the molecule is CCCCCCCCCCCCCCCCCCC[CH]OCCCCCCCCCCCCCC. The van der Waals surface area contributed by atoms with Crippen LogP contribution in [0.5, 0.6) is 0 Å². The van der Waals surface area contributed by atoms with Gasteiger partial charge in [-0.05, 0) is 12.8 Å². The molecular weight excluding hydrogens is 424 g/mol. The first-order chi connectivity index (χ1) is 17.4. The Morgan fingerprint density at radius 2 is 0.571 bits per heavy atom. The van der Waals surface area contributed by atoms with Crippen LogP contribution >= 0.6 is 0 Å². The Morgan fingerprint density at radius 3 is 0.886 bits per heavy atom. The average molecular weight is 494 g/mol. The molecule has 211 valence electrons. The van der Waals surface area contributed by atoms with E-state index in [9.17, 15) is 0 Å². The summed E-state index contributed by atoms with van der Waals surface area (Å²) in [5, 5.41) is 0. The second-order valence-electron chi connectivity index (χ2n) is 11.4. The molecule has 0 aromatic carbocycles. The van der Waals surface area contributed by atoms with Gasteiger partial charge >= 0.3 is 0 Å². The van der Waals surface area contributed by atoms with E-state index in [1.54, 1.807) is 0 Å². The molecule has 1 heteroatoms. The highest BCUT2D eigenvalue weighted by Crippen LogP contribution is 2.15. The summed E-state index contributed by atoms with van der Waals surface area (Å²) in [6.07, 6.45) is 42.6. The molecule has 0 atom stereocenters. The number of unbranched alkanes of at least 4 members (excludes halogenated alkanes) is 28. The van der Waals surface area contributed by atoms with Crippen molar-refractivity contribution >= 4 is 0 Å². The van der Waals surface area contributed by atoms with Crippen molar-refractivity contribution in [3.8, 4) is 0 Å². The third-order valence-corrected chi connectivity index (χ3v) is 7.66. The first-order valence-electron chi connectivity index (χ1n) is 16.8. The van der Waals surface area contributed by atoms with Crippen molar-refractivity contribution in [3.05, 3.63) is 6.61 Å². The highest BCUT2D eigenvalue weighted by Gasteiger charge is 1.97. The lowest BCUT2D eigenvalue weighted by atomic mass is 10.0. The molecule has 0 bridgehead atoms. The molecule has 0 unspecified atom stereocenters. The summed E-state index contributed by atoms with van der Waals surface area (Å²) in [5.41, 5.74) is 0. The molecular formula is C34H69O. The molecule has 0 aliphatic rings. The van der Waals surface area contributed by atoms with Crippen LogP contribution in [0.2, 0.25) is 0 Å². The fraction of sp³-hybridized carbons (Fsp3) is 0.971. The molecule has 0 amide bonds. The lowest BCUT2D eigenvalue weighted by Gasteiger charge is -2.05. The van der Waals surface area contributed by atoms with Gasteiger partial charge in [-0.15, -0.1) is 0 Å². The lowest BCUT2D eigenvalue weighted by Crippen LogP contribution is -1.92. The third kappa shape index (κ3) is 34.0. The third-order valence-electron chi connectivity index (χ3n) is 7.66. The van der Waals surface area contributed by atoms with Gasteiger partial charge in [-0.3, -0.25) is 0 Å². The monoisotopic (exact) mass is 494 g/mol. The molecule has 1 nitrogen and oxygen atoms in total. The van der Waals surface area contributed by atoms with Crippen LogP contribution < -0.4 is 0 Å². The molecule has 0 aromatic rings. The Bertz CT molecular complexity index is 307. The van der Waals surface area contributed by atoms with Crippen LogP contribution in [0.1, 0.15) is 206 Å². The Hall–Kier alpha value is -0.0400. The van der Waals surface area contributed by atoms with E-state index in [1.165, 1.54) is 186 Å². The fourth-order valence-electron chi connectivity index (χ4n) is 5.15. The van der Waals surface area contributed by atoms with E-state index in [1.807, 2.05) is 0 Å². The van der Waals surface area contributed by atoms with Crippen LogP contribution in [-0.4, -0.2) is 6.61 Å². The summed E-state index contributed by atoms with van der Waals surface area (Å²) in [4.78, 5) is 0. The molecule has 0 saturated heterocycles. The fourth-order valence-corrected chi connectivity index (χ4v) is 5.15. The number of hydrogen-bond acceptors (Lipinski definition) is 1. The zero-order valence-corrected chi connectivity index (χ0v) is 24.9. The first-order valence-corrected chi connectivity index (χ1v) is 16.8. The minimum atomic E-state index is 0.941. The van der Waals surface area contributed by atoms with E-state index in [0.29, 0.717) is 0 Å². The zero-order valence-electron chi connectivity index (χ0n) is 24.9. The van der Waals surface area contributed by atoms with Gasteiger partial charge in [0, 0.05) is 6.61 Å². The Kier molecular flexibility index (Phi) is 33.9. The van der Waals surface area contributed by atoms with Crippen molar-refractivity contribution in [2.45, 2.75) is 206 Å². The number of hydrogen-bond donors (Lipinski definition) is 0. The van der Waals surface area contributed by atoms with Crippen molar-refractivity contribution in [2.75, 3.05) is 6.61 Å². The van der Waals surface area contributed by atoms with Gasteiger partial charge in [-0.25, -0.2) is 0 Å². The lowest BCUT2D eigenvalue weighted by molar-refractivity contribution is 0.183. The van der Waals surface area contributed by atoms with Crippen LogP contribution in [0.25, 0.3) is 0 Å². The van der Waals surface area contributed by atoms with E-state index >= 15 is 0 Å². The molecule has 0 heterocycles. The van der Waals surface area contributed by atoms with Gasteiger partial charge in [0.05, 0.1) is 6.61 Å². The van der Waals surface area contributed by atoms with E-state index in [0.717, 1.165) is 13.0 Å². The molecule has 1 radical (unpaired) electrons. The van der Waals surface area contributed by atoms with Crippen molar-refractivity contribution < 1.29 is 4.74 Å². The second-order valence-corrected chi connectivity index (χ2v) is 11.4. The van der Waals surface area contributed by atoms with E-state index in [4.69, 9.17) is 4.74 Å². The average Bonchev–Trinajstić information content (AvgIpc) is 2.87. The largest absolute Gasteiger partial charge is 0.376 e. The van der Waals surface area contributed by atoms with Gasteiger partial charge in [-0.2, -0.15) is 0 Å². The van der Waals surface area contributed by atoms with Crippen LogP contribution in [0.3, 0.4) is 0 Å². The Balaban J connectivity index is 3.00. The predicted octanol–water partition coefficient (Wildman–Crippen LogP) is 12.9. The summed E-state index contributed by atoms with van der Waals surface area (Å²) >= 11 is 0. The van der Waals surface area contributed by atoms with Crippen LogP contribution in [-0.2, 0) is 4.74 Å². The molecule has 0 fully saturated rings. The summed E-state index contributed by atoms with van der Waals surface area (Å²) in [6, 6.07) is 0. The quantitative estimate of drug-likeness (QED) is 0.0846. The summed E-state index contributed by atoms with van der Waals surface area (Å²) in [7, 11) is 0. The Morgan fingerprint density at radius 1 is 0.314 bits per heavy atom. The minimum absolute atomic E-state index is 0.941. The topological polar surface area (TPSA) is 9.23 Å². The predicted molar refractivity (Wildman–Crippen MR) is 160 cm³/mol. The molecule has 0 aliphatic carbocycles.